The fourth-order valence-corrected chi connectivity index (χ4v) is 3.13. The van der Waals surface area contributed by atoms with Gasteiger partial charge in [-0.05, 0) is 57.0 Å². The van der Waals surface area contributed by atoms with Crippen LogP contribution in [0.25, 0.3) is 0 Å². The van der Waals surface area contributed by atoms with Gasteiger partial charge in [0, 0.05) is 4.90 Å². The van der Waals surface area contributed by atoms with Crippen LogP contribution in [0.3, 0.4) is 0 Å². The Labute approximate surface area is 148 Å². The molecule has 4 heteroatoms. The van der Waals surface area contributed by atoms with E-state index < -0.39 is 0 Å². The van der Waals surface area contributed by atoms with Crippen LogP contribution in [0.4, 0.5) is 0 Å². The molecule has 0 aliphatic carbocycles. The molecule has 0 aliphatic rings. The van der Waals surface area contributed by atoms with Gasteiger partial charge in [0.2, 0.25) is 5.91 Å². The topological polar surface area (TPSA) is 38.3 Å². The predicted molar refractivity (Wildman–Crippen MR) is 101 cm³/mol. The van der Waals surface area contributed by atoms with Gasteiger partial charge in [-0.25, -0.2) is 0 Å². The van der Waals surface area contributed by atoms with E-state index in [1.807, 2.05) is 38.1 Å². The first kappa shape index (κ1) is 18.4. The number of carbonyl (C=O) groups is 1. The SMILES string of the molecule is Cc1ccc(S[C@H](C)C(=O)NCCOc2cccc(C)c2C)cc1. The van der Waals surface area contributed by atoms with Crippen LogP contribution in [0.15, 0.2) is 47.4 Å². The second-order valence-corrected chi connectivity index (χ2v) is 7.32. The summed E-state index contributed by atoms with van der Waals surface area (Å²) in [6, 6.07) is 14.2. The van der Waals surface area contributed by atoms with Crippen molar-refractivity contribution in [2.24, 2.45) is 0 Å². The summed E-state index contributed by atoms with van der Waals surface area (Å²) in [4.78, 5) is 13.3. The van der Waals surface area contributed by atoms with Crippen molar-refractivity contribution < 1.29 is 9.53 Å². The van der Waals surface area contributed by atoms with E-state index in [-0.39, 0.29) is 11.2 Å². The molecule has 3 nitrogen and oxygen atoms in total. The maximum Gasteiger partial charge on any atom is 0.233 e. The van der Waals surface area contributed by atoms with Crippen LogP contribution < -0.4 is 10.1 Å². The largest absolute Gasteiger partial charge is 0.491 e. The molecule has 0 aliphatic heterocycles. The van der Waals surface area contributed by atoms with Crippen molar-refractivity contribution in [2.75, 3.05) is 13.2 Å². The Morgan fingerprint density at radius 3 is 2.54 bits per heavy atom. The van der Waals surface area contributed by atoms with Crippen LogP contribution in [-0.4, -0.2) is 24.3 Å². The highest BCUT2D eigenvalue weighted by Crippen LogP contribution is 2.23. The summed E-state index contributed by atoms with van der Waals surface area (Å²) in [6.45, 7) is 9.06. The van der Waals surface area contributed by atoms with Gasteiger partial charge in [0.05, 0.1) is 11.8 Å². The highest BCUT2D eigenvalue weighted by molar-refractivity contribution is 8.00. The number of amides is 1. The van der Waals surface area contributed by atoms with E-state index in [2.05, 4.69) is 37.4 Å². The highest BCUT2D eigenvalue weighted by Gasteiger charge is 2.13. The lowest BCUT2D eigenvalue weighted by Crippen LogP contribution is -2.34. The van der Waals surface area contributed by atoms with Gasteiger partial charge in [-0.1, -0.05) is 29.8 Å². The third-order valence-electron chi connectivity index (χ3n) is 3.92. The quantitative estimate of drug-likeness (QED) is 0.602. The summed E-state index contributed by atoms with van der Waals surface area (Å²) in [5.74, 6) is 0.913. The minimum absolute atomic E-state index is 0.0325. The molecule has 0 unspecified atom stereocenters. The first-order chi connectivity index (χ1) is 11.5. The number of hydrogen-bond acceptors (Lipinski definition) is 3. The van der Waals surface area contributed by atoms with E-state index in [1.54, 1.807) is 11.8 Å². The van der Waals surface area contributed by atoms with Crippen molar-refractivity contribution in [3.8, 4) is 5.75 Å². The normalized spacial score (nSPS) is 11.8. The Bertz CT molecular complexity index is 683. The van der Waals surface area contributed by atoms with E-state index in [1.165, 1.54) is 11.1 Å². The van der Waals surface area contributed by atoms with Gasteiger partial charge < -0.3 is 10.1 Å². The monoisotopic (exact) mass is 343 g/mol. The standard InChI is InChI=1S/C20H25NO2S/c1-14-8-10-18(11-9-14)24-17(4)20(22)21-12-13-23-19-7-5-6-15(2)16(19)3/h5-11,17H,12-13H2,1-4H3,(H,21,22)/t17-/m1/s1. The number of carbonyl (C=O) groups excluding carboxylic acids is 1. The molecule has 0 bridgehead atoms. The molecule has 1 amide bonds. The van der Waals surface area contributed by atoms with Gasteiger partial charge in [0.15, 0.2) is 0 Å². The molecule has 0 fully saturated rings. The molecule has 0 heterocycles. The Balaban J connectivity index is 1.74. The molecule has 2 rings (SSSR count). The Morgan fingerprint density at radius 1 is 1.12 bits per heavy atom. The van der Waals surface area contributed by atoms with Crippen LogP contribution in [0.1, 0.15) is 23.6 Å². The molecule has 2 aromatic carbocycles. The molecule has 128 valence electrons. The summed E-state index contributed by atoms with van der Waals surface area (Å²) < 4.78 is 5.76. The van der Waals surface area contributed by atoms with Crippen molar-refractivity contribution in [3.63, 3.8) is 0 Å². The molecule has 0 radical (unpaired) electrons. The van der Waals surface area contributed by atoms with Crippen LogP contribution in [0.5, 0.6) is 5.75 Å². The molecule has 0 saturated carbocycles. The van der Waals surface area contributed by atoms with Crippen molar-refractivity contribution in [2.45, 2.75) is 37.8 Å². The van der Waals surface area contributed by atoms with Gasteiger partial charge in [-0.3, -0.25) is 4.79 Å². The van der Waals surface area contributed by atoms with Gasteiger partial charge in [0.25, 0.3) is 0 Å². The van der Waals surface area contributed by atoms with Gasteiger partial charge >= 0.3 is 0 Å². The Kier molecular flexibility index (Phi) is 6.73. The van der Waals surface area contributed by atoms with Crippen molar-refractivity contribution in [1.29, 1.82) is 0 Å². The number of ether oxygens (including phenoxy) is 1. The fraction of sp³-hybridized carbons (Fsp3) is 0.350. The molecule has 0 aromatic heterocycles. The fourth-order valence-electron chi connectivity index (χ4n) is 2.23. The average molecular weight is 343 g/mol. The molecule has 24 heavy (non-hydrogen) atoms. The average Bonchev–Trinajstić information content (AvgIpc) is 2.57. The minimum atomic E-state index is -0.131. The van der Waals surface area contributed by atoms with E-state index in [0.29, 0.717) is 13.2 Å². The zero-order valence-electron chi connectivity index (χ0n) is 14.8. The third-order valence-corrected chi connectivity index (χ3v) is 5.03. The second kappa shape index (κ2) is 8.78. The van der Waals surface area contributed by atoms with E-state index in [4.69, 9.17) is 4.74 Å². The number of nitrogens with one attached hydrogen (secondary N) is 1. The molecule has 1 atom stereocenters. The molecule has 1 N–H and O–H groups in total. The summed E-state index contributed by atoms with van der Waals surface area (Å²) in [7, 11) is 0. The van der Waals surface area contributed by atoms with Crippen molar-refractivity contribution in [3.05, 3.63) is 59.2 Å². The highest BCUT2D eigenvalue weighted by atomic mass is 32.2. The molecular formula is C20H25NO2S. The Hall–Kier alpha value is -1.94. The van der Waals surface area contributed by atoms with Crippen LogP contribution in [0, 0.1) is 20.8 Å². The molecular weight excluding hydrogens is 318 g/mol. The number of thioether (sulfide) groups is 1. The zero-order valence-corrected chi connectivity index (χ0v) is 15.6. The molecule has 0 spiro atoms. The molecule has 0 saturated heterocycles. The second-order valence-electron chi connectivity index (χ2n) is 5.91. The smallest absolute Gasteiger partial charge is 0.233 e. The summed E-state index contributed by atoms with van der Waals surface area (Å²) in [5, 5.41) is 2.80. The Morgan fingerprint density at radius 2 is 1.83 bits per heavy atom. The lowest BCUT2D eigenvalue weighted by Gasteiger charge is -2.14. The minimum Gasteiger partial charge on any atom is -0.491 e. The maximum absolute atomic E-state index is 12.2. The van der Waals surface area contributed by atoms with E-state index >= 15 is 0 Å². The van der Waals surface area contributed by atoms with Crippen LogP contribution in [-0.2, 0) is 4.79 Å². The van der Waals surface area contributed by atoms with Crippen LogP contribution >= 0.6 is 11.8 Å². The molecule has 2 aromatic rings. The number of aryl methyl sites for hydroxylation is 2. The first-order valence-corrected chi connectivity index (χ1v) is 9.05. The maximum atomic E-state index is 12.2. The predicted octanol–water partition coefficient (Wildman–Crippen LogP) is 4.29. The van der Waals surface area contributed by atoms with Crippen molar-refractivity contribution in [1.82, 2.24) is 5.32 Å². The summed E-state index contributed by atoms with van der Waals surface area (Å²) in [5.41, 5.74) is 3.58. The van der Waals surface area contributed by atoms with E-state index in [0.717, 1.165) is 16.2 Å². The summed E-state index contributed by atoms with van der Waals surface area (Å²) >= 11 is 1.57. The number of rotatable bonds is 7. The third kappa shape index (κ3) is 5.31. The van der Waals surface area contributed by atoms with Gasteiger partial charge in [0.1, 0.15) is 12.4 Å². The van der Waals surface area contributed by atoms with E-state index in [9.17, 15) is 4.79 Å². The zero-order chi connectivity index (χ0) is 17.5. The van der Waals surface area contributed by atoms with Gasteiger partial charge in [-0.2, -0.15) is 0 Å². The number of benzene rings is 2. The van der Waals surface area contributed by atoms with Crippen LogP contribution in [0.2, 0.25) is 0 Å². The first-order valence-electron chi connectivity index (χ1n) is 8.17. The lowest BCUT2D eigenvalue weighted by atomic mass is 10.1. The number of hydrogen-bond donors (Lipinski definition) is 1. The van der Waals surface area contributed by atoms with Crippen molar-refractivity contribution >= 4 is 17.7 Å². The lowest BCUT2D eigenvalue weighted by molar-refractivity contribution is -0.120. The van der Waals surface area contributed by atoms with Gasteiger partial charge in [-0.15, -0.1) is 11.8 Å². The summed E-state index contributed by atoms with van der Waals surface area (Å²) in [6.07, 6.45) is 0.